The summed E-state index contributed by atoms with van der Waals surface area (Å²) in [6.07, 6.45) is 2.84. The van der Waals surface area contributed by atoms with E-state index >= 15 is 0 Å². The van der Waals surface area contributed by atoms with Gasteiger partial charge in [0.15, 0.2) is 0 Å². The number of nitrogens with two attached hydrogens (primary N) is 2. The lowest BCUT2D eigenvalue weighted by Gasteiger charge is -2.31. The summed E-state index contributed by atoms with van der Waals surface area (Å²) in [5.74, 6) is -0.00957. The Morgan fingerprint density at radius 3 is 2.62 bits per heavy atom. The number of amides is 2. The summed E-state index contributed by atoms with van der Waals surface area (Å²) < 4.78 is 0. The second-order valence-electron chi connectivity index (χ2n) is 4.66. The molecular weight excluding hydrogens is 206 g/mol. The molecule has 5 nitrogen and oxygen atoms in total. The predicted molar refractivity (Wildman–Crippen MR) is 61.3 cm³/mol. The van der Waals surface area contributed by atoms with E-state index < -0.39 is 0 Å². The van der Waals surface area contributed by atoms with Gasteiger partial charge in [0.05, 0.1) is 0 Å². The molecule has 1 aliphatic carbocycles. The van der Waals surface area contributed by atoms with Crippen molar-refractivity contribution in [1.82, 2.24) is 5.32 Å². The van der Waals surface area contributed by atoms with Crippen molar-refractivity contribution in [2.75, 3.05) is 6.54 Å². The number of carbonyl (C=O) groups excluding carboxylic acids is 2. The van der Waals surface area contributed by atoms with Gasteiger partial charge in [-0.1, -0.05) is 6.92 Å². The minimum absolute atomic E-state index is 0.0284. The Kier molecular flexibility index (Phi) is 4.73. The van der Waals surface area contributed by atoms with Crippen LogP contribution in [0.1, 0.15) is 32.6 Å². The molecule has 1 aliphatic rings. The maximum Gasteiger partial charge on any atom is 0.223 e. The molecule has 3 unspecified atom stereocenters. The lowest BCUT2D eigenvalue weighted by atomic mass is 9.78. The number of primary amides is 1. The minimum Gasteiger partial charge on any atom is -0.370 e. The summed E-state index contributed by atoms with van der Waals surface area (Å²) >= 11 is 0. The molecule has 16 heavy (non-hydrogen) atoms. The maximum absolute atomic E-state index is 11.8. The van der Waals surface area contributed by atoms with Crippen LogP contribution in [0.4, 0.5) is 0 Å². The normalized spacial score (nSPS) is 29.8. The van der Waals surface area contributed by atoms with Gasteiger partial charge in [0.1, 0.15) is 0 Å². The van der Waals surface area contributed by atoms with Crippen LogP contribution in [0.25, 0.3) is 0 Å². The number of carbonyl (C=O) groups is 2. The van der Waals surface area contributed by atoms with Gasteiger partial charge in [0, 0.05) is 24.9 Å². The number of nitrogens with one attached hydrogen (secondary N) is 1. The van der Waals surface area contributed by atoms with Crippen LogP contribution in [0.3, 0.4) is 0 Å². The Bertz CT molecular complexity index is 268. The van der Waals surface area contributed by atoms with Crippen molar-refractivity contribution in [3.05, 3.63) is 0 Å². The summed E-state index contributed by atoms with van der Waals surface area (Å²) in [4.78, 5) is 22.3. The zero-order valence-electron chi connectivity index (χ0n) is 9.74. The Labute approximate surface area is 95.9 Å². The summed E-state index contributed by atoms with van der Waals surface area (Å²) in [7, 11) is 0. The van der Waals surface area contributed by atoms with Gasteiger partial charge in [-0.3, -0.25) is 9.59 Å². The van der Waals surface area contributed by atoms with E-state index in [0.717, 1.165) is 19.3 Å². The summed E-state index contributed by atoms with van der Waals surface area (Å²) in [5, 5.41) is 2.75. The fraction of sp³-hybridized carbons (Fsp3) is 0.818. The molecule has 0 saturated heterocycles. The van der Waals surface area contributed by atoms with E-state index in [2.05, 4.69) is 12.2 Å². The van der Waals surface area contributed by atoms with E-state index in [1.165, 1.54) is 0 Å². The number of hydrogen-bond acceptors (Lipinski definition) is 3. The van der Waals surface area contributed by atoms with Crippen LogP contribution in [0.15, 0.2) is 0 Å². The van der Waals surface area contributed by atoms with Crippen LogP contribution in [-0.4, -0.2) is 24.4 Å². The molecule has 1 fully saturated rings. The second kappa shape index (κ2) is 5.84. The monoisotopic (exact) mass is 227 g/mol. The van der Waals surface area contributed by atoms with Crippen molar-refractivity contribution in [2.24, 2.45) is 23.3 Å². The molecule has 0 aromatic heterocycles. The molecule has 0 radical (unpaired) electrons. The smallest absolute Gasteiger partial charge is 0.223 e. The minimum atomic E-state index is -0.390. The van der Waals surface area contributed by atoms with E-state index in [0.29, 0.717) is 12.5 Å². The van der Waals surface area contributed by atoms with Crippen LogP contribution in [0.5, 0.6) is 0 Å². The van der Waals surface area contributed by atoms with Crippen molar-refractivity contribution in [2.45, 2.75) is 38.6 Å². The van der Waals surface area contributed by atoms with Crippen molar-refractivity contribution in [3.8, 4) is 0 Å². The average Bonchev–Trinajstić information content (AvgIpc) is 2.16. The van der Waals surface area contributed by atoms with E-state index in [4.69, 9.17) is 11.5 Å². The fourth-order valence-corrected chi connectivity index (χ4v) is 2.27. The highest BCUT2D eigenvalue weighted by atomic mass is 16.2. The third-order valence-electron chi connectivity index (χ3n) is 3.22. The molecule has 1 rings (SSSR count). The number of hydrogen-bond donors (Lipinski definition) is 3. The fourth-order valence-electron chi connectivity index (χ4n) is 2.27. The van der Waals surface area contributed by atoms with Crippen LogP contribution in [0.2, 0.25) is 0 Å². The van der Waals surface area contributed by atoms with E-state index in [1.54, 1.807) is 0 Å². The molecule has 5 N–H and O–H groups in total. The van der Waals surface area contributed by atoms with Crippen LogP contribution >= 0.6 is 0 Å². The Morgan fingerprint density at radius 2 is 2.06 bits per heavy atom. The third-order valence-corrected chi connectivity index (χ3v) is 3.22. The lowest BCUT2D eigenvalue weighted by molar-refractivity contribution is -0.127. The van der Waals surface area contributed by atoms with Gasteiger partial charge in [0.2, 0.25) is 11.8 Å². The highest BCUT2D eigenvalue weighted by molar-refractivity contribution is 5.80. The first-order chi connectivity index (χ1) is 7.50. The van der Waals surface area contributed by atoms with Crippen molar-refractivity contribution in [3.63, 3.8) is 0 Å². The van der Waals surface area contributed by atoms with Crippen LogP contribution < -0.4 is 16.8 Å². The van der Waals surface area contributed by atoms with Crippen LogP contribution in [0, 0.1) is 11.8 Å². The van der Waals surface area contributed by atoms with Gasteiger partial charge in [0.25, 0.3) is 0 Å². The Hall–Kier alpha value is -1.10. The van der Waals surface area contributed by atoms with E-state index in [1.807, 2.05) is 0 Å². The van der Waals surface area contributed by atoms with Crippen molar-refractivity contribution in [1.29, 1.82) is 0 Å². The van der Waals surface area contributed by atoms with E-state index in [-0.39, 0.29) is 30.2 Å². The first-order valence-electron chi connectivity index (χ1n) is 5.82. The Morgan fingerprint density at radius 1 is 1.38 bits per heavy atom. The lowest BCUT2D eigenvalue weighted by Crippen LogP contribution is -2.41. The SMILES string of the molecule is CC1CC(N)CCC1C(=O)NCCC(N)=O. The first kappa shape index (κ1) is 13.0. The highest BCUT2D eigenvalue weighted by Crippen LogP contribution is 2.28. The van der Waals surface area contributed by atoms with Gasteiger partial charge < -0.3 is 16.8 Å². The van der Waals surface area contributed by atoms with Gasteiger partial charge in [-0.25, -0.2) is 0 Å². The standard InChI is InChI=1S/C11H21N3O2/c1-7-6-8(12)2-3-9(7)11(16)14-5-4-10(13)15/h7-9H,2-6,12H2,1H3,(H2,13,15)(H,14,16). The topological polar surface area (TPSA) is 98.2 Å². The van der Waals surface area contributed by atoms with Gasteiger partial charge in [-0.15, -0.1) is 0 Å². The molecular formula is C11H21N3O2. The van der Waals surface area contributed by atoms with Gasteiger partial charge in [-0.2, -0.15) is 0 Å². The first-order valence-corrected chi connectivity index (χ1v) is 5.82. The number of rotatable bonds is 4. The second-order valence-corrected chi connectivity index (χ2v) is 4.66. The summed E-state index contributed by atoms with van der Waals surface area (Å²) in [5.41, 5.74) is 10.8. The third kappa shape index (κ3) is 3.81. The molecule has 1 saturated carbocycles. The summed E-state index contributed by atoms with van der Waals surface area (Å²) in [6, 6.07) is 0.227. The van der Waals surface area contributed by atoms with Crippen molar-refractivity contribution >= 4 is 11.8 Å². The predicted octanol–water partition coefficient (Wildman–Crippen LogP) is -0.258. The molecule has 2 amide bonds. The van der Waals surface area contributed by atoms with Crippen molar-refractivity contribution < 1.29 is 9.59 Å². The maximum atomic E-state index is 11.8. The molecule has 0 bridgehead atoms. The van der Waals surface area contributed by atoms with Gasteiger partial charge in [-0.05, 0) is 25.2 Å². The molecule has 92 valence electrons. The molecule has 5 heteroatoms. The molecule has 0 spiro atoms. The average molecular weight is 227 g/mol. The highest BCUT2D eigenvalue weighted by Gasteiger charge is 2.30. The van der Waals surface area contributed by atoms with Crippen LogP contribution in [-0.2, 0) is 9.59 Å². The molecule has 3 atom stereocenters. The zero-order chi connectivity index (χ0) is 12.1. The molecule has 0 heterocycles. The summed E-state index contributed by atoms with van der Waals surface area (Å²) in [6.45, 7) is 2.39. The molecule has 0 aromatic rings. The molecule has 0 aliphatic heterocycles. The quantitative estimate of drug-likeness (QED) is 0.617. The largest absolute Gasteiger partial charge is 0.370 e. The molecule has 0 aromatic carbocycles. The van der Waals surface area contributed by atoms with Gasteiger partial charge >= 0.3 is 0 Å². The zero-order valence-corrected chi connectivity index (χ0v) is 9.74. The van der Waals surface area contributed by atoms with E-state index in [9.17, 15) is 9.59 Å². The Balaban J connectivity index is 2.33.